The second kappa shape index (κ2) is 2.46. The van der Waals surface area contributed by atoms with E-state index in [1.54, 1.807) is 0 Å². The largest absolute Gasteiger partial charge is 0.392 e. The molecule has 1 N–H and O–H groups in total. The summed E-state index contributed by atoms with van der Waals surface area (Å²) < 4.78 is 20.5. The van der Waals surface area contributed by atoms with Gasteiger partial charge in [-0.25, -0.2) is 8.42 Å². The fourth-order valence-electron chi connectivity index (χ4n) is 0.349. The van der Waals surface area contributed by atoms with E-state index in [9.17, 15) is 8.42 Å². The number of hydrogen-bond donors (Lipinski definition) is 1. The molecule has 4 heteroatoms. The number of aliphatic hydroxyl groups is 1. The number of aliphatic hydroxyl groups excluding tert-OH is 1. The summed E-state index contributed by atoms with van der Waals surface area (Å²) in [7, 11) is -3.04. The predicted octanol–water partition coefficient (Wildman–Crippen LogP) is -0.774. The third kappa shape index (κ3) is 5.91. The summed E-state index contributed by atoms with van der Waals surface area (Å²) in [6.07, 6.45) is 0.0616. The van der Waals surface area contributed by atoms with E-state index < -0.39 is 15.9 Å². The van der Waals surface area contributed by atoms with Gasteiger partial charge in [-0.2, -0.15) is 0 Å². The van der Waals surface area contributed by atoms with Gasteiger partial charge in [-0.15, -0.1) is 0 Å². The van der Waals surface area contributed by atoms with E-state index in [0.717, 1.165) is 6.26 Å². The third-order valence-electron chi connectivity index (χ3n) is 0.495. The quantitative estimate of drug-likeness (QED) is 0.543. The topological polar surface area (TPSA) is 54.4 Å². The maximum absolute atomic E-state index is 10.2. The van der Waals surface area contributed by atoms with Gasteiger partial charge in [0, 0.05) is 6.26 Å². The van der Waals surface area contributed by atoms with Crippen molar-refractivity contribution in [3.63, 3.8) is 0 Å². The summed E-state index contributed by atoms with van der Waals surface area (Å²) in [5.74, 6) is -0.257. The van der Waals surface area contributed by atoms with Crippen LogP contribution in [0, 0.1) is 6.92 Å². The van der Waals surface area contributed by atoms with Crippen molar-refractivity contribution in [3.8, 4) is 0 Å². The molecule has 0 bridgehead atoms. The summed E-state index contributed by atoms with van der Waals surface area (Å²) in [6, 6.07) is 0. The van der Waals surface area contributed by atoms with E-state index in [1.807, 2.05) is 0 Å². The summed E-state index contributed by atoms with van der Waals surface area (Å²) in [4.78, 5) is 0. The summed E-state index contributed by atoms with van der Waals surface area (Å²) in [5, 5.41) is 8.40. The summed E-state index contributed by atoms with van der Waals surface area (Å²) in [6.45, 7) is 3.10. The maximum Gasteiger partial charge on any atom is 0.149 e. The molecule has 0 amide bonds. The Morgan fingerprint density at radius 1 is 1.75 bits per heavy atom. The van der Waals surface area contributed by atoms with Gasteiger partial charge >= 0.3 is 0 Å². The minimum Gasteiger partial charge on any atom is -0.392 e. The van der Waals surface area contributed by atoms with Crippen LogP contribution in [-0.4, -0.2) is 31.6 Å². The van der Waals surface area contributed by atoms with Crippen LogP contribution in [0.25, 0.3) is 0 Å². The van der Waals surface area contributed by atoms with Gasteiger partial charge in [-0.1, -0.05) is 0 Å². The van der Waals surface area contributed by atoms with Crippen molar-refractivity contribution < 1.29 is 13.5 Å². The van der Waals surface area contributed by atoms with Crippen molar-refractivity contribution in [3.05, 3.63) is 6.92 Å². The van der Waals surface area contributed by atoms with Crippen LogP contribution in [0.3, 0.4) is 0 Å². The van der Waals surface area contributed by atoms with Gasteiger partial charge in [0.05, 0.1) is 11.9 Å². The van der Waals surface area contributed by atoms with Gasteiger partial charge < -0.3 is 5.11 Å². The van der Waals surface area contributed by atoms with Crippen LogP contribution in [0.5, 0.6) is 0 Å². The minimum absolute atomic E-state index is 0.257. The normalized spacial score (nSPS) is 15.9. The van der Waals surface area contributed by atoms with Crippen LogP contribution in [0.2, 0.25) is 0 Å². The van der Waals surface area contributed by atoms with Crippen molar-refractivity contribution in [1.29, 1.82) is 0 Å². The Morgan fingerprint density at radius 3 is 2.12 bits per heavy atom. The predicted molar refractivity (Wildman–Crippen MR) is 31.1 cm³/mol. The first-order valence-corrected chi connectivity index (χ1v) is 4.17. The molecule has 0 aromatic rings. The van der Waals surface area contributed by atoms with E-state index in [-0.39, 0.29) is 5.75 Å². The van der Waals surface area contributed by atoms with Crippen LogP contribution in [0.1, 0.15) is 0 Å². The number of rotatable bonds is 2. The lowest BCUT2D eigenvalue weighted by molar-refractivity contribution is 0.244. The van der Waals surface area contributed by atoms with Gasteiger partial charge in [-0.05, 0) is 6.92 Å². The highest BCUT2D eigenvalue weighted by molar-refractivity contribution is 7.90. The molecule has 49 valence electrons. The van der Waals surface area contributed by atoms with E-state index in [4.69, 9.17) is 5.11 Å². The van der Waals surface area contributed by atoms with Crippen LogP contribution < -0.4 is 0 Å². The highest BCUT2D eigenvalue weighted by Gasteiger charge is 2.05. The SMILES string of the molecule is [CH2]C(O)CS(C)(=O)=O. The zero-order valence-corrected chi connectivity index (χ0v) is 5.48. The zero-order valence-electron chi connectivity index (χ0n) is 4.66. The molecule has 0 aliphatic rings. The highest BCUT2D eigenvalue weighted by Crippen LogP contribution is 1.86. The van der Waals surface area contributed by atoms with Gasteiger partial charge in [0.15, 0.2) is 0 Å². The van der Waals surface area contributed by atoms with Gasteiger partial charge in [0.1, 0.15) is 9.84 Å². The molecule has 0 aromatic carbocycles. The standard InChI is InChI=1S/C4H9O3S/c1-4(5)3-8(2,6)7/h4-5H,1,3H2,2H3. The van der Waals surface area contributed by atoms with E-state index in [1.165, 1.54) is 0 Å². The molecule has 0 heterocycles. The fraction of sp³-hybridized carbons (Fsp3) is 0.750. The summed E-state index contributed by atoms with van der Waals surface area (Å²) >= 11 is 0. The third-order valence-corrected chi connectivity index (χ3v) is 1.49. The van der Waals surface area contributed by atoms with Crippen LogP contribution in [0.4, 0.5) is 0 Å². The molecule has 0 aliphatic heterocycles. The van der Waals surface area contributed by atoms with E-state index in [2.05, 4.69) is 6.92 Å². The molecule has 0 spiro atoms. The molecule has 8 heavy (non-hydrogen) atoms. The van der Waals surface area contributed by atoms with Crippen LogP contribution in [0.15, 0.2) is 0 Å². The van der Waals surface area contributed by atoms with Crippen molar-refractivity contribution in [2.45, 2.75) is 6.10 Å². The molecule has 0 fully saturated rings. The lowest BCUT2D eigenvalue weighted by Gasteiger charge is -1.98. The Kier molecular flexibility index (Phi) is 2.43. The van der Waals surface area contributed by atoms with Gasteiger partial charge in [-0.3, -0.25) is 0 Å². The number of hydrogen-bond acceptors (Lipinski definition) is 3. The average Bonchev–Trinajstić information content (AvgIpc) is 1.21. The van der Waals surface area contributed by atoms with Crippen LogP contribution in [-0.2, 0) is 9.84 Å². The fourth-order valence-corrected chi connectivity index (χ4v) is 1.05. The number of sulfone groups is 1. The Balaban J connectivity index is 3.75. The molecule has 0 aromatic heterocycles. The Bertz CT molecular complexity index is 145. The van der Waals surface area contributed by atoms with Crippen molar-refractivity contribution in [1.82, 2.24) is 0 Å². The molecule has 1 radical (unpaired) electrons. The Morgan fingerprint density at radius 2 is 2.12 bits per heavy atom. The van der Waals surface area contributed by atoms with Crippen molar-refractivity contribution in [2.24, 2.45) is 0 Å². The van der Waals surface area contributed by atoms with Crippen LogP contribution >= 0.6 is 0 Å². The van der Waals surface area contributed by atoms with Crippen molar-refractivity contribution >= 4 is 9.84 Å². The molecular formula is C4H9O3S. The van der Waals surface area contributed by atoms with E-state index in [0.29, 0.717) is 0 Å². The smallest absolute Gasteiger partial charge is 0.149 e. The molecule has 1 unspecified atom stereocenters. The molecule has 0 saturated heterocycles. The molecule has 0 rings (SSSR count). The molecular weight excluding hydrogens is 128 g/mol. The average molecular weight is 137 g/mol. The second-order valence-corrected chi connectivity index (χ2v) is 3.93. The van der Waals surface area contributed by atoms with Crippen molar-refractivity contribution in [2.75, 3.05) is 12.0 Å². The highest BCUT2D eigenvalue weighted by atomic mass is 32.2. The first kappa shape index (κ1) is 7.91. The molecule has 1 atom stereocenters. The van der Waals surface area contributed by atoms with Gasteiger partial charge in [0.2, 0.25) is 0 Å². The summed E-state index contributed by atoms with van der Waals surface area (Å²) in [5.41, 5.74) is 0. The molecule has 0 saturated carbocycles. The first-order valence-electron chi connectivity index (χ1n) is 2.10. The minimum atomic E-state index is -3.04. The van der Waals surface area contributed by atoms with E-state index >= 15 is 0 Å². The Hall–Kier alpha value is -0.0900. The first-order chi connectivity index (χ1) is 3.42. The zero-order chi connectivity index (χ0) is 6.78. The monoisotopic (exact) mass is 137 g/mol. The van der Waals surface area contributed by atoms with Gasteiger partial charge in [0.25, 0.3) is 0 Å². The molecule has 0 aliphatic carbocycles. The lowest BCUT2D eigenvalue weighted by Crippen LogP contribution is -2.15. The molecule has 3 nitrogen and oxygen atoms in total. The lowest BCUT2D eigenvalue weighted by atomic mass is 10.5. The second-order valence-electron chi connectivity index (χ2n) is 1.75. The Labute approximate surface area is 49.3 Å². The maximum atomic E-state index is 10.2.